The first kappa shape index (κ1) is 10.3. The van der Waals surface area contributed by atoms with Gasteiger partial charge < -0.3 is 10.2 Å². The fourth-order valence-electron chi connectivity index (χ4n) is 0.903. The van der Waals surface area contributed by atoms with Crippen molar-refractivity contribution in [3.63, 3.8) is 0 Å². The summed E-state index contributed by atoms with van der Waals surface area (Å²) >= 11 is 6.96. The molecule has 0 aromatic carbocycles. The molecule has 0 radical (unpaired) electrons. The number of nitrogens with two attached hydrogens (primary N) is 1. The van der Waals surface area contributed by atoms with Crippen molar-refractivity contribution in [2.24, 2.45) is 0 Å². The van der Waals surface area contributed by atoms with Gasteiger partial charge in [-0.15, -0.1) is 0 Å². The van der Waals surface area contributed by atoms with Gasteiger partial charge in [0.15, 0.2) is 5.15 Å². The first-order valence-electron chi connectivity index (χ1n) is 4.03. The van der Waals surface area contributed by atoms with Gasteiger partial charge in [0, 0.05) is 0 Å². The second-order valence-corrected chi connectivity index (χ2v) is 4.04. The summed E-state index contributed by atoms with van der Waals surface area (Å²) in [5, 5.41) is 1.25. The third-order valence-electron chi connectivity index (χ3n) is 1.58. The average molecular weight is 243 g/mol. The van der Waals surface area contributed by atoms with Crippen molar-refractivity contribution >= 4 is 29.1 Å². The standard InChI is InChI=1S/C8H7ClN4OS/c1-4-2-14-8(13-4)15-7-5(10)6(9)11-3-12-7/h2-3H,10H2,1H3. The smallest absolute Gasteiger partial charge is 0.262 e. The lowest BCUT2D eigenvalue weighted by molar-refractivity contribution is 0.454. The highest BCUT2D eigenvalue weighted by atomic mass is 35.5. The SMILES string of the molecule is Cc1coc(Sc2ncnc(Cl)c2N)n1. The van der Waals surface area contributed by atoms with Crippen LogP contribution in [0.3, 0.4) is 0 Å². The molecule has 0 saturated heterocycles. The van der Waals surface area contributed by atoms with Crippen LogP contribution in [-0.4, -0.2) is 15.0 Å². The Hall–Kier alpha value is -1.27. The van der Waals surface area contributed by atoms with E-state index in [9.17, 15) is 0 Å². The summed E-state index contributed by atoms with van der Waals surface area (Å²) < 4.78 is 5.16. The first-order chi connectivity index (χ1) is 7.16. The lowest BCUT2D eigenvalue weighted by atomic mass is 10.6. The Bertz CT molecular complexity index is 487. The molecule has 0 saturated carbocycles. The third-order valence-corrected chi connectivity index (χ3v) is 2.76. The molecule has 0 aliphatic rings. The van der Waals surface area contributed by atoms with E-state index in [1.165, 1.54) is 18.1 Å². The Morgan fingerprint density at radius 2 is 2.27 bits per heavy atom. The van der Waals surface area contributed by atoms with Gasteiger partial charge in [-0.25, -0.2) is 15.0 Å². The van der Waals surface area contributed by atoms with Crippen LogP contribution in [0.5, 0.6) is 0 Å². The van der Waals surface area contributed by atoms with Crippen LogP contribution in [0.2, 0.25) is 5.15 Å². The van der Waals surface area contributed by atoms with E-state index in [0.29, 0.717) is 15.9 Å². The normalized spacial score (nSPS) is 10.5. The molecule has 15 heavy (non-hydrogen) atoms. The van der Waals surface area contributed by atoms with Crippen molar-refractivity contribution < 1.29 is 4.42 Å². The molecule has 2 rings (SSSR count). The predicted molar refractivity (Wildman–Crippen MR) is 56.8 cm³/mol. The fraction of sp³-hybridized carbons (Fsp3) is 0.125. The van der Waals surface area contributed by atoms with E-state index in [1.54, 1.807) is 6.26 Å². The molecular formula is C8H7ClN4OS. The van der Waals surface area contributed by atoms with Gasteiger partial charge >= 0.3 is 0 Å². The van der Waals surface area contributed by atoms with Crippen molar-refractivity contribution in [1.29, 1.82) is 0 Å². The van der Waals surface area contributed by atoms with Crippen molar-refractivity contribution in [2.75, 3.05) is 5.73 Å². The molecule has 0 aliphatic heterocycles. The predicted octanol–water partition coefficient (Wildman–Crippen LogP) is 2.16. The zero-order valence-electron chi connectivity index (χ0n) is 7.77. The van der Waals surface area contributed by atoms with Gasteiger partial charge in [0.05, 0.1) is 5.69 Å². The maximum absolute atomic E-state index is 5.74. The molecule has 2 aromatic heterocycles. The van der Waals surface area contributed by atoms with Crippen molar-refractivity contribution in [1.82, 2.24) is 15.0 Å². The summed E-state index contributed by atoms with van der Waals surface area (Å²) in [6.45, 7) is 1.84. The highest BCUT2D eigenvalue weighted by Crippen LogP contribution is 2.31. The van der Waals surface area contributed by atoms with Crippen LogP contribution in [0.25, 0.3) is 0 Å². The van der Waals surface area contributed by atoms with Crippen LogP contribution in [0, 0.1) is 6.92 Å². The summed E-state index contributed by atoms with van der Waals surface area (Å²) in [6.07, 6.45) is 2.90. The maximum atomic E-state index is 5.74. The molecule has 2 aromatic rings. The molecular weight excluding hydrogens is 236 g/mol. The van der Waals surface area contributed by atoms with Crippen LogP contribution in [-0.2, 0) is 0 Å². The minimum Gasteiger partial charge on any atom is -0.439 e. The number of rotatable bonds is 2. The molecule has 0 unspecified atom stereocenters. The summed E-state index contributed by atoms with van der Waals surface area (Å²) in [7, 11) is 0. The highest BCUT2D eigenvalue weighted by Gasteiger charge is 2.10. The minimum absolute atomic E-state index is 0.232. The molecule has 0 bridgehead atoms. The average Bonchev–Trinajstić information content (AvgIpc) is 2.59. The van der Waals surface area contributed by atoms with Crippen LogP contribution >= 0.6 is 23.4 Å². The molecule has 0 atom stereocenters. The van der Waals surface area contributed by atoms with E-state index in [2.05, 4.69) is 15.0 Å². The van der Waals surface area contributed by atoms with Crippen molar-refractivity contribution in [3.05, 3.63) is 23.4 Å². The number of anilines is 1. The van der Waals surface area contributed by atoms with E-state index in [0.717, 1.165) is 5.69 Å². The Labute approximate surface area is 95.1 Å². The Morgan fingerprint density at radius 3 is 2.93 bits per heavy atom. The fourth-order valence-corrected chi connectivity index (χ4v) is 1.85. The van der Waals surface area contributed by atoms with Gasteiger partial charge in [-0.3, -0.25) is 0 Å². The van der Waals surface area contributed by atoms with Gasteiger partial charge in [0.2, 0.25) is 0 Å². The lowest BCUT2D eigenvalue weighted by Crippen LogP contribution is -1.94. The van der Waals surface area contributed by atoms with Crippen LogP contribution in [0.15, 0.2) is 27.3 Å². The number of halogens is 1. The van der Waals surface area contributed by atoms with E-state index >= 15 is 0 Å². The zero-order valence-corrected chi connectivity index (χ0v) is 9.34. The van der Waals surface area contributed by atoms with Crippen LogP contribution in [0.1, 0.15) is 5.69 Å². The van der Waals surface area contributed by atoms with Gasteiger partial charge in [-0.1, -0.05) is 11.6 Å². The third kappa shape index (κ3) is 2.21. The minimum atomic E-state index is 0.232. The largest absolute Gasteiger partial charge is 0.439 e. The molecule has 0 amide bonds. The maximum Gasteiger partial charge on any atom is 0.262 e. The van der Waals surface area contributed by atoms with E-state index in [4.69, 9.17) is 21.8 Å². The summed E-state index contributed by atoms with van der Waals surface area (Å²) in [6, 6.07) is 0. The number of oxazole rings is 1. The number of hydrogen-bond acceptors (Lipinski definition) is 6. The Morgan fingerprint density at radius 1 is 1.47 bits per heavy atom. The molecule has 5 nitrogen and oxygen atoms in total. The molecule has 2 N–H and O–H groups in total. The number of nitrogen functional groups attached to an aromatic ring is 1. The lowest BCUT2D eigenvalue weighted by Gasteiger charge is -2.01. The zero-order chi connectivity index (χ0) is 10.8. The molecule has 0 fully saturated rings. The van der Waals surface area contributed by atoms with Gasteiger partial charge in [-0.2, -0.15) is 0 Å². The topological polar surface area (TPSA) is 77.8 Å². The van der Waals surface area contributed by atoms with E-state index < -0.39 is 0 Å². The molecule has 2 heterocycles. The summed E-state index contributed by atoms with van der Waals surface area (Å²) in [5.74, 6) is 0. The summed E-state index contributed by atoms with van der Waals surface area (Å²) in [4.78, 5) is 11.9. The van der Waals surface area contributed by atoms with Gasteiger partial charge in [-0.05, 0) is 18.7 Å². The molecule has 0 spiro atoms. The van der Waals surface area contributed by atoms with Crippen LogP contribution in [0.4, 0.5) is 5.69 Å². The highest BCUT2D eigenvalue weighted by molar-refractivity contribution is 7.99. The second kappa shape index (κ2) is 4.08. The number of aromatic nitrogens is 3. The van der Waals surface area contributed by atoms with E-state index in [-0.39, 0.29) is 5.15 Å². The van der Waals surface area contributed by atoms with Crippen molar-refractivity contribution in [3.8, 4) is 0 Å². The first-order valence-corrected chi connectivity index (χ1v) is 5.22. The molecule has 7 heteroatoms. The second-order valence-electron chi connectivity index (χ2n) is 2.74. The number of hydrogen-bond donors (Lipinski definition) is 1. The molecule has 78 valence electrons. The quantitative estimate of drug-likeness (QED) is 0.813. The number of nitrogens with zero attached hydrogens (tertiary/aromatic N) is 3. The van der Waals surface area contributed by atoms with Crippen LogP contribution < -0.4 is 5.73 Å². The van der Waals surface area contributed by atoms with Gasteiger partial charge in [0.25, 0.3) is 5.22 Å². The number of aryl methyl sites for hydroxylation is 1. The Balaban J connectivity index is 2.28. The molecule has 0 aliphatic carbocycles. The van der Waals surface area contributed by atoms with E-state index in [1.807, 2.05) is 6.92 Å². The monoisotopic (exact) mass is 242 g/mol. The van der Waals surface area contributed by atoms with Crippen molar-refractivity contribution in [2.45, 2.75) is 17.2 Å². The van der Waals surface area contributed by atoms with Gasteiger partial charge in [0.1, 0.15) is 23.3 Å². The summed E-state index contributed by atoms with van der Waals surface area (Å²) in [5.41, 5.74) is 6.83. The Kier molecular flexibility index (Phi) is 2.79.